The molecule has 0 atom stereocenters. The molecule has 0 saturated carbocycles. The van der Waals surface area contributed by atoms with Gasteiger partial charge in [0.25, 0.3) is 11.9 Å². The van der Waals surface area contributed by atoms with Crippen LogP contribution in [0.2, 0.25) is 0 Å². The molecule has 7 nitrogen and oxygen atoms in total. The number of aliphatic carboxylic acids is 1. The topological polar surface area (TPSA) is 102 Å². The van der Waals surface area contributed by atoms with Crippen molar-refractivity contribution in [3.8, 4) is 0 Å². The van der Waals surface area contributed by atoms with E-state index in [1.165, 1.54) is 17.0 Å². The molecule has 0 unspecified atom stereocenters. The number of rotatable bonds is 6. The third kappa shape index (κ3) is 6.95. The second-order valence-electron chi connectivity index (χ2n) is 8.46. The first kappa shape index (κ1) is 27.0. The Kier molecular flexibility index (Phi) is 8.78. The first-order valence-electron chi connectivity index (χ1n) is 10.8. The van der Waals surface area contributed by atoms with Gasteiger partial charge in [0.2, 0.25) is 0 Å². The number of hydrogen-bond donors (Lipinski definition) is 4. The zero-order valence-electron chi connectivity index (χ0n) is 18.8. The molecule has 0 aromatic heterocycles. The molecule has 11 heteroatoms. The van der Waals surface area contributed by atoms with E-state index in [9.17, 15) is 23.1 Å². The molecule has 1 aliphatic heterocycles. The molecule has 1 aliphatic carbocycles. The standard InChI is InChI=1S/C22H21F3IN3O2.C2H4O2/c23-16-7-6-15(20(19(16)25)28-18-8-5-13(26)9-17(18)24)21(30)29-11-22(31,12-29)10-27-14-3-1-2-4-14;1-2(3)4/h1-2,5-9,14,27-28,31H,3-4,10-12H2;1H3,(H,3,4). The molecule has 0 radical (unpaired) electrons. The minimum atomic E-state index is -1.27. The second kappa shape index (κ2) is 11.4. The number of benzene rings is 2. The summed E-state index contributed by atoms with van der Waals surface area (Å²) < 4.78 is 43.3. The van der Waals surface area contributed by atoms with E-state index < -0.39 is 40.6 Å². The molecule has 0 bridgehead atoms. The third-order valence-corrected chi connectivity index (χ3v) is 6.17. The van der Waals surface area contributed by atoms with Crippen molar-refractivity contribution in [1.82, 2.24) is 10.2 Å². The highest BCUT2D eigenvalue weighted by molar-refractivity contribution is 14.1. The zero-order chi connectivity index (χ0) is 25.8. The van der Waals surface area contributed by atoms with Crippen LogP contribution >= 0.6 is 22.6 Å². The molecule has 1 saturated heterocycles. The first-order chi connectivity index (χ1) is 16.5. The normalized spacial score (nSPS) is 16.3. The fourth-order valence-corrected chi connectivity index (χ4v) is 4.24. The van der Waals surface area contributed by atoms with Crippen molar-refractivity contribution < 1.29 is 33.0 Å². The van der Waals surface area contributed by atoms with Gasteiger partial charge >= 0.3 is 0 Å². The lowest BCUT2D eigenvalue weighted by Gasteiger charge is -2.47. The van der Waals surface area contributed by atoms with Crippen LogP contribution < -0.4 is 10.6 Å². The Bertz CT molecular complexity index is 1130. The Morgan fingerprint density at radius 2 is 1.74 bits per heavy atom. The highest BCUT2D eigenvalue weighted by atomic mass is 127. The van der Waals surface area contributed by atoms with E-state index in [2.05, 4.69) is 22.8 Å². The number of carboxylic acids is 1. The molecule has 35 heavy (non-hydrogen) atoms. The molecule has 2 aromatic carbocycles. The molecular weight excluding hydrogens is 578 g/mol. The Morgan fingerprint density at radius 1 is 1.11 bits per heavy atom. The summed E-state index contributed by atoms with van der Waals surface area (Å²) in [5, 5.41) is 23.8. The number of likely N-dealkylation sites (tertiary alicyclic amines) is 1. The van der Waals surface area contributed by atoms with Gasteiger partial charge in [0.15, 0.2) is 11.6 Å². The maximum Gasteiger partial charge on any atom is 0.300 e. The first-order valence-corrected chi connectivity index (χ1v) is 11.9. The van der Waals surface area contributed by atoms with E-state index in [1.54, 1.807) is 6.07 Å². The minimum absolute atomic E-state index is 0.0648. The van der Waals surface area contributed by atoms with Crippen LogP contribution in [-0.4, -0.2) is 58.3 Å². The van der Waals surface area contributed by atoms with E-state index >= 15 is 0 Å². The van der Waals surface area contributed by atoms with Crippen molar-refractivity contribution in [2.24, 2.45) is 0 Å². The summed E-state index contributed by atoms with van der Waals surface area (Å²) >= 11 is 1.93. The van der Waals surface area contributed by atoms with Gasteiger partial charge in [0, 0.05) is 23.1 Å². The molecule has 4 N–H and O–H groups in total. The SMILES string of the molecule is CC(=O)O.O=C(c1ccc(F)c(F)c1Nc1ccc(I)cc1F)N1CC(O)(CNC2CC=CC2)C1. The predicted octanol–water partition coefficient (Wildman–Crippen LogP) is 4.04. The summed E-state index contributed by atoms with van der Waals surface area (Å²) in [7, 11) is 0. The fraction of sp³-hybridized carbons (Fsp3) is 0.333. The lowest BCUT2D eigenvalue weighted by Crippen LogP contribution is -2.67. The van der Waals surface area contributed by atoms with Gasteiger partial charge in [-0.3, -0.25) is 9.59 Å². The third-order valence-electron chi connectivity index (χ3n) is 5.50. The number of hydrogen-bond acceptors (Lipinski definition) is 5. The predicted molar refractivity (Wildman–Crippen MR) is 133 cm³/mol. The van der Waals surface area contributed by atoms with E-state index in [4.69, 9.17) is 9.90 Å². The van der Waals surface area contributed by atoms with Gasteiger partial charge in [-0.2, -0.15) is 0 Å². The van der Waals surface area contributed by atoms with Gasteiger partial charge < -0.3 is 25.7 Å². The molecular formula is C24H25F3IN3O4. The number of anilines is 2. The van der Waals surface area contributed by atoms with Crippen molar-refractivity contribution in [2.45, 2.75) is 31.4 Å². The number of carboxylic acid groups (broad SMARTS) is 1. The van der Waals surface area contributed by atoms with Crippen LogP contribution in [0.15, 0.2) is 42.5 Å². The monoisotopic (exact) mass is 603 g/mol. The Hall–Kier alpha value is -2.64. The van der Waals surface area contributed by atoms with Crippen molar-refractivity contribution in [1.29, 1.82) is 0 Å². The van der Waals surface area contributed by atoms with E-state index in [0.717, 1.165) is 31.9 Å². The van der Waals surface area contributed by atoms with Crippen molar-refractivity contribution in [3.05, 3.63) is 69.1 Å². The molecule has 4 rings (SSSR count). The molecule has 2 aromatic rings. The average molecular weight is 603 g/mol. The number of nitrogens with one attached hydrogen (secondary N) is 2. The van der Waals surface area contributed by atoms with E-state index in [0.29, 0.717) is 10.1 Å². The lowest BCUT2D eigenvalue weighted by atomic mass is 9.92. The van der Waals surface area contributed by atoms with Crippen LogP contribution in [0.5, 0.6) is 0 Å². The Balaban J connectivity index is 0.000000795. The quantitative estimate of drug-likeness (QED) is 0.294. The number of β-amino-alcohol motifs (C(OH)–C–C–N with tert-alkyl or cyclic N) is 1. The van der Waals surface area contributed by atoms with Crippen LogP contribution in [0.1, 0.15) is 30.1 Å². The zero-order valence-corrected chi connectivity index (χ0v) is 21.0. The van der Waals surface area contributed by atoms with Crippen LogP contribution in [-0.2, 0) is 4.79 Å². The number of amides is 1. The number of aliphatic hydroxyl groups is 1. The van der Waals surface area contributed by atoms with Gasteiger partial charge in [-0.05, 0) is 65.8 Å². The van der Waals surface area contributed by atoms with Crippen molar-refractivity contribution in [3.63, 3.8) is 0 Å². The van der Waals surface area contributed by atoms with Gasteiger partial charge in [-0.15, -0.1) is 0 Å². The molecule has 1 fully saturated rings. The van der Waals surface area contributed by atoms with Crippen molar-refractivity contribution in [2.75, 3.05) is 25.0 Å². The number of halogens is 4. The number of carbonyl (C=O) groups is 2. The van der Waals surface area contributed by atoms with Gasteiger partial charge in [-0.25, -0.2) is 13.2 Å². The highest BCUT2D eigenvalue weighted by Gasteiger charge is 2.44. The second-order valence-corrected chi connectivity index (χ2v) is 9.70. The fourth-order valence-electron chi connectivity index (χ4n) is 3.78. The number of nitrogens with zero attached hydrogens (tertiary/aromatic N) is 1. The van der Waals surface area contributed by atoms with E-state index in [-0.39, 0.29) is 30.4 Å². The van der Waals surface area contributed by atoms with Crippen molar-refractivity contribution >= 4 is 45.8 Å². The molecule has 188 valence electrons. The summed E-state index contributed by atoms with van der Waals surface area (Å²) in [6.07, 6.45) is 5.95. The molecule has 2 aliphatic rings. The summed E-state index contributed by atoms with van der Waals surface area (Å²) in [5.74, 6) is -4.48. The van der Waals surface area contributed by atoms with Gasteiger partial charge in [0.1, 0.15) is 11.4 Å². The van der Waals surface area contributed by atoms with Gasteiger partial charge in [-0.1, -0.05) is 12.2 Å². The summed E-state index contributed by atoms with van der Waals surface area (Å²) in [4.78, 5) is 23.3. The summed E-state index contributed by atoms with van der Waals surface area (Å²) in [6.45, 7) is 1.55. The van der Waals surface area contributed by atoms with Gasteiger partial charge in [0.05, 0.1) is 30.0 Å². The van der Waals surface area contributed by atoms with Crippen LogP contribution in [0.4, 0.5) is 24.5 Å². The summed E-state index contributed by atoms with van der Waals surface area (Å²) in [5.41, 5.74) is -1.72. The van der Waals surface area contributed by atoms with Crippen LogP contribution in [0, 0.1) is 21.0 Å². The average Bonchev–Trinajstić information content (AvgIpc) is 3.28. The highest BCUT2D eigenvalue weighted by Crippen LogP contribution is 2.31. The Morgan fingerprint density at radius 3 is 2.34 bits per heavy atom. The minimum Gasteiger partial charge on any atom is -0.481 e. The maximum absolute atomic E-state index is 14.6. The largest absolute Gasteiger partial charge is 0.481 e. The molecule has 0 spiro atoms. The molecule has 1 heterocycles. The summed E-state index contributed by atoms with van der Waals surface area (Å²) in [6, 6.07) is 6.53. The lowest BCUT2D eigenvalue weighted by molar-refractivity contribution is -0.134. The number of carbonyl (C=O) groups excluding carboxylic acids is 1. The Labute approximate surface area is 214 Å². The van der Waals surface area contributed by atoms with E-state index in [1.807, 2.05) is 22.6 Å². The molecule has 1 amide bonds. The van der Waals surface area contributed by atoms with Crippen LogP contribution in [0.25, 0.3) is 0 Å². The van der Waals surface area contributed by atoms with Crippen LogP contribution in [0.3, 0.4) is 0 Å². The smallest absolute Gasteiger partial charge is 0.300 e. The maximum atomic E-state index is 14.6.